The maximum Gasteiger partial charge on any atom is 0.327 e. The molecular formula is C7H17O3P. The zero-order chi connectivity index (χ0) is 9.12. The second-order valence-electron chi connectivity index (χ2n) is 3.79. The van der Waals surface area contributed by atoms with E-state index in [1.807, 2.05) is 20.8 Å². The van der Waals surface area contributed by atoms with Gasteiger partial charge in [0.2, 0.25) is 0 Å². The molecular weight excluding hydrogens is 163 g/mol. The third-order valence-corrected chi connectivity index (χ3v) is 2.43. The molecule has 0 aliphatic carbocycles. The van der Waals surface area contributed by atoms with Crippen molar-refractivity contribution in [3.05, 3.63) is 0 Å². The van der Waals surface area contributed by atoms with E-state index >= 15 is 0 Å². The summed E-state index contributed by atoms with van der Waals surface area (Å²) < 4.78 is 15.8. The van der Waals surface area contributed by atoms with Crippen LogP contribution in [0.2, 0.25) is 0 Å². The monoisotopic (exact) mass is 180 g/mol. The Bertz CT molecular complexity index is 160. The van der Waals surface area contributed by atoms with Crippen LogP contribution in [0.15, 0.2) is 0 Å². The topological polar surface area (TPSA) is 46.5 Å². The summed E-state index contributed by atoms with van der Waals surface area (Å²) in [6, 6.07) is 0. The summed E-state index contributed by atoms with van der Waals surface area (Å²) in [6.07, 6.45) is 0.184. The first-order chi connectivity index (χ1) is 4.77. The molecule has 0 aromatic carbocycles. The summed E-state index contributed by atoms with van der Waals surface area (Å²) in [5, 5.41) is 0. The van der Waals surface area contributed by atoms with Gasteiger partial charge in [0.15, 0.2) is 0 Å². The van der Waals surface area contributed by atoms with Crippen molar-refractivity contribution in [2.24, 2.45) is 5.41 Å². The third kappa shape index (κ3) is 6.54. The smallest absolute Gasteiger partial charge is 0.324 e. The Morgan fingerprint density at radius 1 is 1.45 bits per heavy atom. The molecule has 4 heteroatoms. The number of hydrogen-bond donors (Lipinski definition) is 1. The highest BCUT2D eigenvalue weighted by atomic mass is 31.2. The Morgan fingerprint density at radius 2 is 1.91 bits per heavy atom. The highest BCUT2D eigenvalue weighted by Gasteiger charge is 2.20. The normalized spacial score (nSPS) is 17.9. The molecule has 0 aliphatic heterocycles. The largest absolute Gasteiger partial charge is 0.327 e. The van der Waals surface area contributed by atoms with E-state index in [9.17, 15) is 4.57 Å². The summed E-state index contributed by atoms with van der Waals surface area (Å²) in [4.78, 5) is 9.02. The van der Waals surface area contributed by atoms with Gasteiger partial charge >= 0.3 is 7.60 Å². The number of hydrogen-bond acceptors (Lipinski definition) is 2. The Balaban J connectivity index is 3.80. The van der Waals surface area contributed by atoms with Gasteiger partial charge in [0.1, 0.15) is 0 Å². The molecule has 0 aromatic heterocycles. The molecule has 68 valence electrons. The molecule has 0 spiro atoms. The lowest BCUT2D eigenvalue weighted by Crippen LogP contribution is -2.13. The van der Waals surface area contributed by atoms with E-state index in [0.717, 1.165) is 0 Å². The molecule has 1 N–H and O–H groups in total. The Hall–Kier alpha value is 0.150. The van der Waals surface area contributed by atoms with E-state index in [2.05, 4.69) is 0 Å². The van der Waals surface area contributed by atoms with Crippen molar-refractivity contribution < 1.29 is 14.0 Å². The highest BCUT2D eigenvalue weighted by Crippen LogP contribution is 2.42. The van der Waals surface area contributed by atoms with Crippen LogP contribution in [-0.4, -0.2) is 17.7 Å². The third-order valence-electron chi connectivity index (χ3n) is 1.10. The summed E-state index contributed by atoms with van der Waals surface area (Å²) in [6.45, 7) is 7.85. The molecule has 1 unspecified atom stereocenters. The zero-order valence-corrected chi connectivity index (χ0v) is 8.52. The van der Waals surface area contributed by atoms with Gasteiger partial charge < -0.3 is 9.42 Å². The Morgan fingerprint density at radius 3 is 2.18 bits per heavy atom. The molecule has 0 bridgehead atoms. The van der Waals surface area contributed by atoms with Gasteiger partial charge in [-0.3, -0.25) is 4.57 Å². The lowest BCUT2D eigenvalue weighted by molar-refractivity contribution is 0.175. The molecule has 0 aromatic rings. The summed E-state index contributed by atoms with van der Waals surface area (Å²) in [5.41, 5.74) is -0.0481. The van der Waals surface area contributed by atoms with Crippen molar-refractivity contribution in [1.29, 1.82) is 0 Å². The van der Waals surface area contributed by atoms with Gasteiger partial charge in [-0.15, -0.1) is 0 Å². The zero-order valence-electron chi connectivity index (χ0n) is 7.63. The van der Waals surface area contributed by atoms with Crippen molar-refractivity contribution in [3.63, 3.8) is 0 Å². The van der Waals surface area contributed by atoms with Crippen LogP contribution in [0, 0.1) is 5.41 Å². The molecule has 1 atom stereocenters. The van der Waals surface area contributed by atoms with Crippen molar-refractivity contribution in [2.75, 3.05) is 12.8 Å². The quantitative estimate of drug-likeness (QED) is 0.677. The molecule has 3 nitrogen and oxygen atoms in total. The average molecular weight is 180 g/mol. The van der Waals surface area contributed by atoms with Gasteiger partial charge in [0.05, 0.1) is 6.61 Å². The molecule has 0 saturated carbocycles. The first-order valence-corrected chi connectivity index (χ1v) is 5.49. The van der Waals surface area contributed by atoms with Gasteiger partial charge in [-0.25, -0.2) is 0 Å². The summed E-state index contributed by atoms with van der Waals surface area (Å²) in [7, 11) is -3.27. The molecule has 0 saturated heterocycles. The predicted octanol–water partition coefficient (Wildman–Crippen LogP) is 2.25. The fraction of sp³-hybridized carbons (Fsp3) is 1.00. The Kier molecular flexibility index (Phi) is 3.75. The molecule has 0 radical (unpaired) electrons. The summed E-state index contributed by atoms with van der Waals surface area (Å²) in [5.74, 6) is 0. The fourth-order valence-corrected chi connectivity index (χ4v) is 1.16. The van der Waals surface area contributed by atoms with E-state index in [-0.39, 0.29) is 11.6 Å². The van der Waals surface area contributed by atoms with Crippen LogP contribution in [0.25, 0.3) is 0 Å². The molecule has 11 heavy (non-hydrogen) atoms. The van der Waals surface area contributed by atoms with Crippen LogP contribution in [0.5, 0.6) is 0 Å². The van der Waals surface area contributed by atoms with Crippen molar-refractivity contribution in [3.8, 4) is 0 Å². The maximum absolute atomic E-state index is 11.0. The van der Waals surface area contributed by atoms with Gasteiger partial charge in [0.25, 0.3) is 0 Å². The molecule has 0 fully saturated rings. The van der Waals surface area contributed by atoms with Crippen LogP contribution in [-0.2, 0) is 9.09 Å². The molecule has 0 heterocycles. The molecule has 0 aliphatic rings. The van der Waals surface area contributed by atoms with Crippen LogP contribution < -0.4 is 0 Å². The second-order valence-corrected chi connectivity index (χ2v) is 5.95. The maximum atomic E-state index is 11.0. The Labute approximate surface area is 68.3 Å². The first kappa shape index (κ1) is 11.2. The van der Waals surface area contributed by atoms with Gasteiger partial charge in [-0.1, -0.05) is 27.7 Å². The standard InChI is InChI=1S/C7H17O3P/c1-5-11(8,9)10-6-7(2,3)4/h5-6H2,1-4H3,(H,8,9). The average Bonchev–Trinajstić information content (AvgIpc) is 1.83. The van der Waals surface area contributed by atoms with E-state index in [4.69, 9.17) is 9.42 Å². The van der Waals surface area contributed by atoms with Crippen LogP contribution >= 0.6 is 7.60 Å². The van der Waals surface area contributed by atoms with E-state index in [0.29, 0.717) is 6.61 Å². The van der Waals surface area contributed by atoms with E-state index < -0.39 is 7.60 Å². The highest BCUT2D eigenvalue weighted by molar-refractivity contribution is 7.52. The SMILES string of the molecule is CCP(=O)(O)OCC(C)(C)C. The van der Waals surface area contributed by atoms with Crippen molar-refractivity contribution in [2.45, 2.75) is 27.7 Å². The van der Waals surface area contributed by atoms with Crippen molar-refractivity contribution in [1.82, 2.24) is 0 Å². The summed E-state index contributed by atoms with van der Waals surface area (Å²) >= 11 is 0. The van der Waals surface area contributed by atoms with Gasteiger partial charge in [0, 0.05) is 6.16 Å². The lowest BCUT2D eigenvalue weighted by Gasteiger charge is -2.19. The van der Waals surface area contributed by atoms with Crippen LogP contribution in [0.3, 0.4) is 0 Å². The van der Waals surface area contributed by atoms with E-state index in [1.165, 1.54) is 0 Å². The van der Waals surface area contributed by atoms with Crippen LogP contribution in [0.4, 0.5) is 0 Å². The van der Waals surface area contributed by atoms with Crippen LogP contribution in [0.1, 0.15) is 27.7 Å². The van der Waals surface area contributed by atoms with Crippen molar-refractivity contribution >= 4 is 7.60 Å². The minimum atomic E-state index is -3.27. The lowest BCUT2D eigenvalue weighted by atomic mass is 9.99. The fourth-order valence-electron chi connectivity index (χ4n) is 0.386. The molecule has 0 rings (SSSR count). The minimum Gasteiger partial charge on any atom is -0.324 e. The van der Waals surface area contributed by atoms with E-state index in [1.54, 1.807) is 6.92 Å². The van der Waals surface area contributed by atoms with Gasteiger partial charge in [-0.05, 0) is 5.41 Å². The second kappa shape index (κ2) is 3.70. The predicted molar refractivity (Wildman–Crippen MR) is 45.8 cm³/mol. The minimum absolute atomic E-state index is 0.0481. The first-order valence-electron chi connectivity index (χ1n) is 3.73. The number of rotatable bonds is 3. The van der Waals surface area contributed by atoms with Gasteiger partial charge in [-0.2, -0.15) is 0 Å². The molecule has 0 amide bonds.